The van der Waals surface area contributed by atoms with Gasteiger partial charge in [-0.3, -0.25) is 10.1 Å². The first-order valence-electron chi connectivity index (χ1n) is 6.19. The normalized spacial score (nSPS) is 12.1. The molecule has 6 heteroatoms. The molecule has 0 spiro atoms. The van der Waals surface area contributed by atoms with Crippen molar-refractivity contribution in [3.63, 3.8) is 0 Å². The predicted octanol–water partition coefficient (Wildman–Crippen LogP) is 3.05. The van der Waals surface area contributed by atoms with Crippen LogP contribution in [0.1, 0.15) is 24.3 Å². The third-order valence-electron chi connectivity index (χ3n) is 2.98. The van der Waals surface area contributed by atoms with Gasteiger partial charge in [-0.05, 0) is 30.7 Å². The maximum absolute atomic E-state index is 10.9. The average molecular weight is 276 g/mol. The predicted molar refractivity (Wildman–Crippen MR) is 73.6 cm³/mol. The summed E-state index contributed by atoms with van der Waals surface area (Å²) in [5.41, 5.74) is 0.807. The van der Waals surface area contributed by atoms with Crippen molar-refractivity contribution in [1.82, 2.24) is 5.32 Å². The molecule has 0 fully saturated rings. The number of nitro groups is 1. The number of rotatable bonds is 6. The molecule has 106 valence electrons. The molecule has 1 heterocycles. The molecule has 1 aromatic heterocycles. The van der Waals surface area contributed by atoms with E-state index in [2.05, 4.69) is 5.32 Å². The number of nitro benzene ring substituents is 1. The van der Waals surface area contributed by atoms with E-state index in [0.717, 1.165) is 11.3 Å². The highest BCUT2D eigenvalue weighted by Gasteiger charge is 2.12. The lowest BCUT2D eigenvalue weighted by Crippen LogP contribution is -2.17. The molecule has 0 aliphatic rings. The molecule has 20 heavy (non-hydrogen) atoms. The Balaban J connectivity index is 2.09. The zero-order valence-corrected chi connectivity index (χ0v) is 11.3. The highest BCUT2D eigenvalue weighted by molar-refractivity contribution is 5.42. The van der Waals surface area contributed by atoms with E-state index in [1.807, 2.05) is 19.1 Å². The first kappa shape index (κ1) is 14.1. The van der Waals surface area contributed by atoms with Gasteiger partial charge in [-0.25, -0.2) is 0 Å². The van der Waals surface area contributed by atoms with Gasteiger partial charge in [0.2, 0.25) is 0 Å². The first-order valence-corrected chi connectivity index (χ1v) is 6.19. The fourth-order valence-corrected chi connectivity index (χ4v) is 1.88. The number of benzene rings is 1. The molecule has 0 bridgehead atoms. The summed E-state index contributed by atoms with van der Waals surface area (Å²) in [5, 5.41) is 14.1. The van der Waals surface area contributed by atoms with Crippen molar-refractivity contribution in [3.05, 3.63) is 58.0 Å². The van der Waals surface area contributed by atoms with E-state index in [1.165, 1.54) is 19.2 Å². The van der Waals surface area contributed by atoms with Crippen LogP contribution in [-0.2, 0) is 6.54 Å². The number of furan rings is 1. The fraction of sp³-hybridized carbons (Fsp3) is 0.286. The zero-order valence-electron chi connectivity index (χ0n) is 11.3. The van der Waals surface area contributed by atoms with Gasteiger partial charge in [-0.15, -0.1) is 0 Å². The van der Waals surface area contributed by atoms with Gasteiger partial charge in [-0.2, -0.15) is 0 Å². The zero-order chi connectivity index (χ0) is 14.5. The van der Waals surface area contributed by atoms with Crippen molar-refractivity contribution < 1.29 is 14.1 Å². The van der Waals surface area contributed by atoms with Crippen LogP contribution < -0.4 is 10.1 Å². The van der Waals surface area contributed by atoms with E-state index in [4.69, 9.17) is 9.15 Å². The highest BCUT2D eigenvalue weighted by atomic mass is 16.6. The standard InChI is InChI=1S/C14H16N2O4/c1-10(14-4-3-5-20-14)15-9-11-6-12(16(17)18)8-13(7-11)19-2/h3-8,10,15H,9H2,1-2H3/t10-/m0/s1. The van der Waals surface area contributed by atoms with E-state index >= 15 is 0 Å². The Morgan fingerprint density at radius 3 is 2.85 bits per heavy atom. The maximum Gasteiger partial charge on any atom is 0.273 e. The number of hydrogen-bond acceptors (Lipinski definition) is 5. The van der Waals surface area contributed by atoms with Crippen molar-refractivity contribution in [1.29, 1.82) is 0 Å². The molecule has 1 aromatic carbocycles. The smallest absolute Gasteiger partial charge is 0.273 e. The van der Waals surface area contributed by atoms with Gasteiger partial charge in [0.25, 0.3) is 5.69 Å². The molecule has 0 amide bonds. The molecule has 6 nitrogen and oxygen atoms in total. The monoisotopic (exact) mass is 276 g/mol. The summed E-state index contributed by atoms with van der Waals surface area (Å²) in [7, 11) is 1.49. The molecule has 1 atom stereocenters. The summed E-state index contributed by atoms with van der Waals surface area (Å²) in [6, 6.07) is 8.43. The second-order valence-electron chi connectivity index (χ2n) is 4.41. The fourth-order valence-electron chi connectivity index (χ4n) is 1.88. The minimum Gasteiger partial charge on any atom is -0.496 e. The van der Waals surface area contributed by atoms with Crippen molar-refractivity contribution in [2.75, 3.05) is 7.11 Å². The summed E-state index contributed by atoms with van der Waals surface area (Å²) >= 11 is 0. The Hall–Kier alpha value is -2.34. The number of ether oxygens (including phenoxy) is 1. The van der Waals surface area contributed by atoms with E-state index < -0.39 is 4.92 Å². The molecular weight excluding hydrogens is 260 g/mol. The van der Waals surface area contributed by atoms with E-state index in [1.54, 1.807) is 12.3 Å². The van der Waals surface area contributed by atoms with Crippen LogP contribution in [-0.4, -0.2) is 12.0 Å². The second kappa shape index (κ2) is 6.21. The van der Waals surface area contributed by atoms with Gasteiger partial charge in [0, 0.05) is 12.6 Å². The lowest BCUT2D eigenvalue weighted by molar-refractivity contribution is -0.385. The Bertz CT molecular complexity index is 581. The van der Waals surface area contributed by atoms with E-state index in [-0.39, 0.29) is 11.7 Å². The molecule has 0 saturated heterocycles. The third kappa shape index (κ3) is 3.36. The SMILES string of the molecule is COc1cc(CN[C@@H](C)c2ccco2)cc([N+](=O)[O-])c1. The van der Waals surface area contributed by atoms with Gasteiger partial charge in [0.1, 0.15) is 11.5 Å². The van der Waals surface area contributed by atoms with Crippen LogP contribution >= 0.6 is 0 Å². The van der Waals surface area contributed by atoms with Gasteiger partial charge >= 0.3 is 0 Å². The Morgan fingerprint density at radius 2 is 2.25 bits per heavy atom. The Kier molecular flexibility index (Phi) is 4.37. The molecule has 0 aliphatic heterocycles. The molecule has 0 unspecified atom stereocenters. The Morgan fingerprint density at radius 1 is 1.45 bits per heavy atom. The number of nitrogens with one attached hydrogen (secondary N) is 1. The van der Waals surface area contributed by atoms with Crippen LogP contribution in [0.4, 0.5) is 5.69 Å². The molecule has 0 saturated carbocycles. The summed E-state index contributed by atoms with van der Waals surface area (Å²) < 4.78 is 10.4. The van der Waals surface area contributed by atoms with Crippen molar-refractivity contribution in [2.45, 2.75) is 19.5 Å². The molecule has 1 N–H and O–H groups in total. The molecular formula is C14H16N2O4. The van der Waals surface area contributed by atoms with Gasteiger partial charge < -0.3 is 14.5 Å². The van der Waals surface area contributed by atoms with Crippen LogP contribution in [0.3, 0.4) is 0 Å². The topological polar surface area (TPSA) is 77.5 Å². The van der Waals surface area contributed by atoms with Crippen LogP contribution in [0.15, 0.2) is 41.0 Å². The van der Waals surface area contributed by atoms with E-state index in [0.29, 0.717) is 12.3 Å². The summed E-state index contributed by atoms with van der Waals surface area (Å²) in [4.78, 5) is 10.4. The first-order chi connectivity index (χ1) is 9.60. The molecule has 2 rings (SSSR count). The van der Waals surface area contributed by atoms with Crippen LogP contribution in [0.5, 0.6) is 5.75 Å². The van der Waals surface area contributed by atoms with E-state index in [9.17, 15) is 10.1 Å². The van der Waals surface area contributed by atoms with Crippen molar-refractivity contribution in [3.8, 4) is 5.75 Å². The van der Waals surface area contributed by atoms with Gasteiger partial charge in [-0.1, -0.05) is 0 Å². The third-order valence-corrected chi connectivity index (χ3v) is 2.98. The molecule has 0 aliphatic carbocycles. The summed E-state index contributed by atoms with van der Waals surface area (Å²) in [5.74, 6) is 1.30. The maximum atomic E-state index is 10.9. The van der Waals surface area contributed by atoms with Crippen LogP contribution in [0.2, 0.25) is 0 Å². The molecule has 2 aromatic rings. The highest BCUT2D eigenvalue weighted by Crippen LogP contribution is 2.23. The van der Waals surface area contributed by atoms with Crippen LogP contribution in [0, 0.1) is 10.1 Å². The molecule has 0 radical (unpaired) electrons. The summed E-state index contributed by atoms with van der Waals surface area (Å²) in [6.45, 7) is 2.45. The lowest BCUT2D eigenvalue weighted by Gasteiger charge is -2.12. The number of hydrogen-bond donors (Lipinski definition) is 1. The largest absolute Gasteiger partial charge is 0.496 e. The lowest BCUT2D eigenvalue weighted by atomic mass is 10.1. The average Bonchev–Trinajstić information content (AvgIpc) is 2.98. The summed E-state index contributed by atoms with van der Waals surface area (Å²) in [6.07, 6.45) is 1.61. The Labute approximate surface area is 116 Å². The van der Waals surface area contributed by atoms with Gasteiger partial charge in [0.15, 0.2) is 0 Å². The number of methoxy groups -OCH3 is 1. The minimum atomic E-state index is -0.429. The van der Waals surface area contributed by atoms with Crippen molar-refractivity contribution >= 4 is 5.69 Å². The second-order valence-corrected chi connectivity index (χ2v) is 4.41. The van der Waals surface area contributed by atoms with Gasteiger partial charge in [0.05, 0.1) is 30.4 Å². The van der Waals surface area contributed by atoms with Crippen molar-refractivity contribution in [2.24, 2.45) is 0 Å². The quantitative estimate of drug-likeness (QED) is 0.648. The van der Waals surface area contributed by atoms with Crippen LogP contribution in [0.25, 0.3) is 0 Å². The minimum absolute atomic E-state index is 0.0202. The number of nitrogens with zero attached hydrogens (tertiary/aromatic N) is 1. The number of non-ortho nitro benzene ring substituents is 1.